The molecule has 0 aliphatic heterocycles. The Balaban J connectivity index is 2.27. The molecule has 0 fully saturated rings. The second kappa shape index (κ2) is 3.82. The Bertz CT molecular complexity index is 693. The molecule has 1 aromatic carbocycles. The Hall–Kier alpha value is -1.94. The van der Waals surface area contributed by atoms with Crippen LogP contribution in [-0.2, 0) is 0 Å². The van der Waals surface area contributed by atoms with Crippen LogP contribution in [0.5, 0.6) is 0 Å². The van der Waals surface area contributed by atoms with Gasteiger partial charge in [-0.3, -0.25) is 0 Å². The molecule has 0 saturated heterocycles. The van der Waals surface area contributed by atoms with Crippen LogP contribution in [0.2, 0.25) is 5.02 Å². The van der Waals surface area contributed by atoms with E-state index in [9.17, 15) is 4.39 Å². The van der Waals surface area contributed by atoms with Crippen LogP contribution in [0.4, 0.5) is 4.39 Å². The first-order chi connectivity index (χ1) is 8.25. The predicted molar refractivity (Wildman–Crippen MR) is 63.4 cm³/mol. The van der Waals surface area contributed by atoms with Gasteiger partial charge in [0, 0.05) is 18.0 Å². The zero-order chi connectivity index (χ0) is 11.8. The van der Waals surface area contributed by atoms with Crippen LogP contribution in [0.1, 0.15) is 0 Å². The standard InChI is InChI=1S/C12H7ClFN3/c13-10-11(8-3-1-4-9(14)7-8)16-17-6-2-5-15-12(10)17/h1-7H. The summed E-state index contributed by atoms with van der Waals surface area (Å²) in [5.41, 5.74) is 1.73. The Labute approximate surface area is 101 Å². The minimum Gasteiger partial charge on any atom is -0.236 e. The number of fused-ring (bicyclic) bond motifs is 1. The average Bonchev–Trinajstić information content (AvgIpc) is 2.68. The zero-order valence-corrected chi connectivity index (χ0v) is 9.39. The highest BCUT2D eigenvalue weighted by molar-refractivity contribution is 6.36. The molecule has 0 atom stereocenters. The molecule has 0 bridgehead atoms. The second-order valence-electron chi connectivity index (χ2n) is 3.56. The molecule has 2 aromatic heterocycles. The molecule has 0 spiro atoms. The van der Waals surface area contributed by atoms with E-state index in [1.165, 1.54) is 12.1 Å². The molecule has 3 aromatic rings. The van der Waals surface area contributed by atoms with E-state index >= 15 is 0 Å². The van der Waals surface area contributed by atoms with Crippen LogP contribution in [0.25, 0.3) is 16.9 Å². The summed E-state index contributed by atoms with van der Waals surface area (Å²) in [7, 11) is 0. The topological polar surface area (TPSA) is 30.2 Å². The Morgan fingerprint density at radius 1 is 1.24 bits per heavy atom. The van der Waals surface area contributed by atoms with Crippen LogP contribution in [0.15, 0.2) is 42.7 Å². The number of hydrogen-bond donors (Lipinski definition) is 0. The van der Waals surface area contributed by atoms with E-state index in [2.05, 4.69) is 10.1 Å². The lowest BCUT2D eigenvalue weighted by Gasteiger charge is -1.96. The fraction of sp³-hybridized carbons (Fsp3) is 0. The molecule has 17 heavy (non-hydrogen) atoms. The first-order valence-electron chi connectivity index (χ1n) is 5.00. The third-order valence-electron chi connectivity index (χ3n) is 2.44. The first-order valence-corrected chi connectivity index (χ1v) is 5.38. The molecular weight excluding hydrogens is 241 g/mol. The van der Waals surface area contributed by atoms with Gasteiger partial charge in [-0.2, -0.15) is 5.10 Å². The minimum atomic E-state index is -0.316. The molecule has 0 aliphatic rings. The van der Waals surface area contributed by atoms with E-state index in [1.807, 2.05) is 0 Å². The van der Waals surface area contributed by atoms with E-state index < -0.39 is 0 Å². The first kappa shape index (κ1) is 10.2. The predicted octanol–water partition coefficient (Wildman–Crippen LogP) is 3.19. The average molecular weight is 248 g/mol. The SMILES string of the molecule is Fc1cccc(-c2nn3cccnc3c2Cl)c1. The smallest absolute Gasteiger partial charge is 0.174 e. The highest BCUT2D eigenvalue weighted by Crippen LogP contribution is 2.29. The van der Waals surface area contributed by atoms with Crippen LogP contribution >= 0.6 is 11.6 Å². The van der Waals surface area contributed by atoms with Crippen molar-refractivity contribution in [3.8, 4) is 11.3 Å². The lowest BCUT2D eigenvalue weighted by Crippen LogP contribution is -1.87. The summed E-state index contributed by atoms with van der Waals surface area (Å²) in [5.74, 6) is -0.316. The van der Waals surface area contributed by atoms with Crippen LogP contribution in [0.3, 0.4) is 0 Å². The number of benzene rings is 1. The van der Waals surface area contributed by atoms with Gasteiger partial charge in [0.15, 0.2) is 5.65 Å². The molecule has 84 valence electrons. The fourth-order valence-electron chi connectivity index (χ4n) is 1.68. The molecule has 0 aliphatic carbocycles. The van der Waals surface area contributed by atoms with Crippen molar-refractivity contribution in [2.24, 2.45) is 0 Å². The summed E-state index contributed by atoms with van der Waals surface area (Å²) < 4.78 is 14.7. The minimum absolute atomic E-state index is 0.316. The van der Waals surface area contributed by atoms with E-state index in [0.717, 1.165) is 0 Å². The van der Waals surface area contributed by atoms with Gasteiger partial charge in [0.2, 0.25) is 0 Å². The van der Waals surface area contributed by atoms with Gasteiger partial charge in [-0.1, -0.05) is 23.7 Å². The molecule has 3 rings (SSSR count). The number of aromatic nitrogens is 3. The molecule has 5 heteroatoms. The normalized spacial score (nSPS) is 10.9. The fourth-order valence-corrected chi connectivity index (χ4v) is 1.96. The molecule has 0 saturated carbocycles. The molecule has 3 nitrogen and oxygen atoms in total. The van der Waals surface area contributed by atoms with Gasteiger partial charge in [-0.15, -0.1) is 0 Å². The largest absolute Gasteiger partial charge is 0.236 e. The summed E-state index contributed by atoms with van der Waals surface area (Å²) in [4.78, 5) is 4.12. The van der Waals surface area contributed by atoms with E-state index in [4.69, 9.17) is 11.6 Å². The van der Waals surface area contributed by atoms with Crippen molar-refractivity contribution in [1.29, 1.82) is 0 Å². The quantitative estimate of drug-likeness (QED) is 0.661. The Morgan fingerprint density at radius 3 is 2.88 bits per heavy atom. The Kier molecular flexibility index (Phi) is 2.30. The van der Waals surface area contributed by atoms with Gasteiger partial charge < -0.3 is 0 Å². The molecular formula is C12H7ClFN3. The second-order valence-corrected chi connectivity index (χ2v) is 3.94. The molecule has 0 unspecified atom stereocenters. The maximum absolute atomic E-state index is 13.1. The van der Waals surface area contributed by atoms with Crippen molar-refractivity contribution < 1.29 is 4.39 Å². The van der Waals surface area contributed by atoms with E-state index in [-0.39, 0.29) is 5.82 Å². The van der Waals surface area contributed by atoms with Crippen molar-refractivity contribution in [3.63, 3.8) is 0 Å². The maximum atomic E-state index is 13.1. The highest BCUT2D eigenvalue weighted by Gasteiger charge is 2.13. The van der Waals surface area contributed by atoms with Crippen molar-refractivity contribution in [2.75, 3.05) is 0 Å². The van der Waals surface area contributed by atoms with E-state index in [0.29, 0.717) is 21.9 Å². The molecule has 0 amide bonds. The summed E-state index contributed by atoms with van der Waals surface area (Å²) in [6.07, 6.45) is 3.38. The van der Waals surface area contributed by atoms with Gasteiger partial charge in [-0.05, 0) is 18.2 Å². The Morgan fingerprint density at radius 2 is 2.12 bits per heavy atom. The van der Waals surface area contributed by atoms with Crippen molar-refractivity contribution in [3.05, 3.63) is 53.6 Å². The number of nitrogens with zero attached hydrogens (tertiary/aromatic N) is 3. The van der Waals surface area contributed by atoms with Gasteiger partial charge in [0.1, 0.15) is 16.5 Å². The van der Waals surface area contributed by atoms with Crippen molar-refractivity contribution in [2.45, 2.75) is 0 Å². The summed E-state index contributed by atoms with van der Waals surface area (Å²) >= 11 is 6.18. The van der Waals surface area contributed by atoms with Crippen LogP contribution in [-0.4, -0.2) is 14.6 Å². The summed E-state index contributed by atoms with van der Waals surface area (Å²) in [6.45, 7) is 0. The van der Waals surface area contributed by atoms with Gasteiger partial charge in [0.05, 0.1) is 0 Å². The van der Waals surface area contributed by atoms with E-state index in [1.54, 1.807) is 35.1 Å². The molecule has 0 radical (unpaired) electrons. The zero-order valence-electron chi connectivity index (χ0n) is 8.64. The number of halogens is 2. The number of rotatable bonds is 1. The lowest BCUT2D eigenvalue weighted by atomic mass is 10.1. The molecule has 2 heterocycles. The van der Waals surface area contributed by atoms with Crippen molar-refractivity contribution >= 4 is 17.2 Å². The van der Waals surface area contributed by atoms with Crippen LogP contribution < -0.4 is 0 Å². The van der Waals surface area contributed by atoms with Gasteiger partial charge >= 0.3 is 0 Å². The third-order valence-corrected chi connectivity index (χ3v) is 2.79. The summed E-state index contributed by atoms with van der Waals surface area (Å²) in [6, 6.07) is 7.92. The third kappa shape index (κ3) is 1.66. The lowest BCUT2D eigenvalue weighted by molar-refractivity contribution is 0.628. The highest BCUT2D eigenvalue weighted by atomic mass is 35.5. The van der Waals surface area contributed by atoms with Gasteiger partial charge in [0.25, 0.3) is 0 Å². The monoisotopic (exact) mass is 247 g/mol. The van der Waals surface area contributed by atoms with Crippen LogP contribution in [0, 0.1) is 5.82 Å². The summed E-state index contributed by atoms with van der Waals surface area (Å²) in [5, 5.41) is 4.71. The van der Waals surface area contributed by atoms with Crippen molar-refractivity contribution in [1.82, 2.24) is 14.6 Å². The number of hydrogen-bond acceptors (Lipinski definition) is 2. The molecule has 0 N–H and O–H groups in total. The van der Waals surface area contributed by atoms with Gasteiger partial charge in [-0.25, -0.2) is 13.9 Å². The maximum Gasteiger partial charge on any atom is 0.174 e.